The second kappa shape index (κ2) is 8.11. The summed E-state index contributed by atoms with van der Waals surface area (Å²) in [5.41, 5.74) is 3.67. The molecule has 0 aromatic heterocycles. The fraction of sp³-hybridized carbons (Fsp3) is 0.632. The van der Waals surface area contributed by atoms with Gasteiger partial charge in [-0.15, -0.1) is 0 Å². The van der Waals surface area contributed by atoms with Gasteiger partial charge in [-0.25, -0.2) is 0 Å². The van der Waals surface area contributed by atoms with Gasteiger partial charge in [0.15, 0.2) is 5.11 Å². The maximum atomic E-state index is 5.66. The Morgan fingerprint density at radius 2 is 1.87 bits per heavy atom. The Bertz CT molecular complexity index is 515. The predicted molar refractivity (Wildman–Crippen MR) is 103 cm³/mol. The minimum absolute atomic E-state index is 0.742. The Kier molecular flexibility index (Phi) is 6.42. The van der Waals surface area contributed by atoms with Gasteiger partial charge in [0, 0.05) is 31.6 Å². The number of benzene rings is 1. The first-order valence-electron chi connectivity index (χ1n) is 8.89. The van der Waals surface area contributed by atoms with Crippen molar-refractivity contribution >= 4 is 23.0 Å². The molecule has 2 unspecified atom stereocenters. The fourth-order valence-corrected chi connectivity index (χ4v) is 3.74. The van der Waals surface area contributed by atoms with Crippen LogP contribution < -0.4 is 10.2 Å². The summed E-state index contributed by atoms with van der Waals surface area (Å²) < 4.78 is 0. The van der Waals surface area contributed by atoms with E-state index in [-0.39, 0.29) is 0 Å². The number of piperidine rings is 1. The van der Waals surface area contributed by atoms with Crippen molar-refractivity contribution in [2.45, 2.75) is 59.0 Å². The van der Waals surface area contributed by atoms with E-state index in [9.17, 15) is 0 Å². The van der Waals surface area contributed by atoms with Crippen molar-refractivity contribution in [1.29, 1.82) is 0 Å². The van der Waals surface area contributed by atoms with Crippen molar-refractivity contribution < 1.29 is 4.90 Å². The third kappa shape index (κ3) is 4.45. The van der Waals surface area contributed by atoms with Crippen molar-refractivity contribution in [1.82, 2.24) is 4.90 Å². The molecule has 0 bridgehead atoms. The zero-order valence-corrected chi connectivity index (χ0v) is 16.1. The van der Waals surface area contributed by atoms with Crippen LogP contribution in [0.3, 0.4) is 0 Å². The minimum Gasteiger partial charge on any atom is -0.349 e. The van der Waals surface area contributed by atoms with Crippen molar-refractivity contribution in [3.8, 4) is 0 Å². The van der Waals surface area contributed by atoms with Gasteiger partial charge in [-0.05, 0) is 50.5 Å². The molecule has 4 heteroatoms. The van der Waals surface area contributed by atoms with Crippen LogP contribution in [0.25, 0.3) is 0 Å². The molecular weight excluding hydrogens is 302 g/mol. The summed E-state index contributed by atoms with van der Waals surface area (Å²) in [5.74, 6) is 0. The van der Waals surface area contributed by atoms with E-state index < -0.39 is 0 Å². The average molecular weight is 335 g/mol. The molecule has 1 aliphatic rings. The van der Waals surface area contributed by atoms with Crippen molar-refractivity contribution in [2.75, 3.05) is 25.5 Å². The SMILES string of the molecule is CCC(C)[NH+](C)C1CCN(C(=S)Nc2c(C)cccc2C)CC1. The Morgan fingerprint density at radius 3 is 2.39 bits per heavy atom. The van der Waals surface area contributed by atoms with Crippen LogP contribution in [0.4, 0.5) is 5.69 Å². The number of rotatable bonds is 4. The first-order chi connectivity index (χ1) is 10.9. The highest BCUT2D eigenvalue weighted by molar-refractivity contribution is 7.80. The zero-order chi connectivity index (χ0) is 17.0. The molecule has 2 N–H and O–H groups in total. The summed E-state index contributed by atoms with van der Waals surface area (Å²) in [6.07, 6.45) is 3.70. The van der Waals surface area contributed by atoms with Gasteiger partial charge in [0.05, 0.1) is 19.1 Å². The van der Waals surface area contributed by atoms with Crippen LogP contribution in [0.15, 0.2) is 18.2 Å². The van der Waals surface area contributed by atoms with Crippen LogP contribution in [-0.2, 0) is 0 Å². The molecule has 1 aliphatic heterocycles. The number of likely N-dealkylation sites (tertiary alicyclic amines) is 1. The van der Waals surface area contributed by atoms with Gasteiger partial charge in [-0.3, -0.25) is 0 Å². The highest BCUT2D eigenvalue weighted by Gasteiger charge is 2.28. The Labute approximate surface area is 147 Å². The molecule has 1 heterocycles. The lowest BCUT2D eigenvalue weighted by molar-refractivity contribution is -0.930. The molecule has 0 aliphatic carbocycles. The molecule has 1 fully saturated rings. The molecule has 3 nitrogen and oxygen atoms in total. The van der Waals surface area contributed by atoms with Crippen LogP contribution in [-0.4, -0.2) is 42.2 Å². The van der Waals surface area contributed by atoms with E-state index in [0.29, 0.717) is 0 Å². The summed E-state index contributed by atoms with van der Waals surface area (Å²) >= 11 is 5.66. The van der Waals surface area contributed by atoms with Gasteiger partial charge in [-0.1, -0.05) is 25.1 Å². The van der Waals surface area contributed by atoms with Crippen LogP contribution in [0.1, 0.15) is 44.2 Å². The van der Waals surface area contributed by atoms with E-state index >= 15 is 0 Å². The second-order valence-electron chi connectivity index (χ2n) is 7.01. The summed E-state index contributed by atoms with van der Waals surface area (Å²) in [4.78, 5) is 4.02. The third-order valence-corrected chi connectivity index (χ3v) is 5.89. The van der Waals surface area contributed by atoms with E-state index in [1.807, 2.05) is 0 Å². The fourth-order valence-electron chi connectivity index (χ4n) is 3.46. The molecule has 1 aromatic carbocycles. The van der Waals surface area contributed by atoms with Gasteiger partial charge in [0.1, 0.15) is 0 Å². The largest absolute Gasteiger partial charge is 0.349 e. The number of para-hydroxylation sites is 1. The third-order valence-electron chi connectivity index (χ3n) is 5.53. The highest BCUT2D eigenvalue weighted by Crippen LogP contribution is 2.20. The maximum absolute atomic E-state index is 5.66. The van der Waals surface area contributed by atoms with Crippen molar-refractivity contribution in [3.63, 3.8) is 0 Å². The quantitative estimate of drug-likeness (QED) is 0.826. The van der Waals surface area contributed by atoms with E-state index in [1.165, 1.54) is 36.1 Å². The molecule has 128 valence electrons. The highest BCUT2D eigenvalue weighted by atomic mass is 32.1. The van der Waals surface area contributed by atoms with E-state index in [1.54, 1.807) is 4.90 Å². The molecular formula is C19H32N3S+. The lowest BCUT2D eigenvalue weighted by Gasteiger charge is -2.38. The number of quaternary nitrogens is 1. The number of anilines is 1. The molecule has 0 amide bonds. The number of aryl methyl sites for hydroxylation is 2. The smallest absolute Gasteiger partial charge is 0.173 e. The lowest BCUT2D eigenvalue weighted by Crippen LogP contribution is -3.16. The molecule has 0 spiro atoms. The van der Waals surface area contributed by atoms with Crippen LogP contribution in [0, 0.1) is 13.8 Å². The monoisotopic (exact) mass is 334 g/mol. The van der Waals surface area contributed by atoms with Gasteiger partial charge in [0.25, 0.3) is 0 Å². The first kappa shape index (κ1) is 18.2. The number of hydrogen-bond donors (Lipinski definition) is 2. The Balaban J connectivity index is 1.91. The number of thiocarbonyl (C=S) groups is 1. The molecule has 1 saturated heterocycles. The van der Waals surface area contributed by atoms with E-state index in [0.717, 1.165) is 30.3 Å². The molecule has 0 saturated carbocycles. The standard InChI is InChI=1S/C19H31N3S/c1-6-16(4)21(5)17-10-12-22(13-11-17)19(23)20-18-14(2)8-7-9-15(18)3/h7-9,16-17H,6,10-13H2,1-5H3,(H,20,23)/p+1. The molecule has 2 atom stereocenters. The first-order valence-corrected chi connectivity index (χ1v) is 9.30. The zero-order valence-electron chi connectivity index (χ0n) is 15.3. The van der Waals surface area contributed by atoms with Crippen LogP contribution in [0.2, 0.25) is 0 Å². The van der Waals surface area contributed by atoms with Crippen LogP contribution >= 0.6 is 12.2 Å². The van der Waals surface area contributed by atoms with Gasteiger partial charge < -0.3 is 15.1 Å². The summed E-state index contributed by atoms with van der Waals surface area (Å²) in [6, 6.07) is 7.87. The molecule has 0 radical (unpaired) electrons. The van der Waals surface area contributed by atoms with Crippen molar-refractivity contribution in [3.05, 3.63) is 29.3 Å². The summed E-state index contributed by atoms with van der Waals surface area (Å²) in [5, 5.41) is 4.35. The van der Waals surface area contributed by atoms with Gasteiger partial charge >= 0.3 is 0 Å². The number of nitrogens with one attached hydrogen (secondary N) is 2. The molecule has 23 heavy (non-hydrogen) atoms. The summed E-state index contributed by atoms with van der Waals surface area (Å²) in [7, 11) is 2.35. The Hall–Kier alpha value is -1.13. The number of hydrogen-bond acceptors (Lipinski definition) is 1. The van der Waals surface area contributed by atoms with E-state index in [4.69, 9.17) is 12.2 Å². The molecule has 2 rings (SSSR count). The maximum Gasteiger partial charge on any atom is 0.173 e. The van der Waals surface area contributed by atoms with E-state index in [2.05, 4.69) is 63.2 Å². The van der Waals surface area contributed by atoms with Crippen molar-refractivity contribution in [2.24, 2.45) is 0 Å². The second-order valence-corrected chi connectivity index (χ2v) is 7.40. The predicted octanol–water partition coefficient (Wildman–Crippen LogP) is 2.78. The average Bonchev–Trinajstić information content (AvgIpc) is 2.57. The lowest BCUT2D eigenvalue weighted by atomic mass is 10.0. The normalized spacial score (nSPS) is 18.6. The Morgan fingerprint density at radius 1 is 1.30 bits per heavy atom. The van der Waals surface area contributed by atoms with Crippen LogP contribution in [0.5, 0.6) is 0 Å². The number of nitrogens with zero attached hydrogens (tertiary/aromatic N) is 1. The minimum atomic E-state index is 0.742. The van der Waals surface area contributed by atoms with Gasteiger partial charge in [0.2, 0.25) is 0 Å². The van der Waals surface area contributed by atoms with Gasteiger partial charge in [-0.2, -0.15) is 0 Å². The molecule has 1 aromatic rings. The topological polar surface area (TPSA) is 19.7 Å². The summed E-state index contributed by atoms with van der Waals surface area (Å²) in [6.45, 7) is 11.0.